The first-order chi connectivity index (χ1) is 7.90. The SMILES string of the molecule is CS(=O)(=O)CCCNc1ccccc1C(=O)O. The van der Waals surface area contributed by atoms with Crippen LogP contribution in [0.2, 0.25) is 0 Å². The van der Waals surface area contributed by atoms with Crippen LogP contribution in [0.25, 0.3) is 0 Å². The molecule has 94 valence electrons. The van der Waals surface area contributed by atoms with E-state index < -0.39 is 15.8 Å². The highest BCUT2D eigenvalue weighted by Gasteiger charge is 2.08. The van der Waals surface area contributed by atoms with Crippen LogP contribution in [0.1, 0.15) is 16.8 Å². The van der Waals surface area contributed by atoms with Crippen LogP contribution in [-0.2, 0) is 9.84 Å². The van der Waals surface area contributed by atoms with Gasteiger partial charge in [0.2, 0.25) is 0 Å². The van der Waals surface area contributed by atoms with Crippen LogP contribution in [0, 0.1) is 0 Å². The summed E-state index contributed by atoms with van der Waals surface area (Å²) in [6.45, 7) is 0.428. The molecule has 0 bridgehead atoms. The highest BCUT2D eigenvalue weighted by Crippen LogP contribution is 2.14. The molecule has 6 heteroatoms. The molecule has 0 amide bonds. The number of carboxylic acid groups (broad SMARTS) is 1. The van der Waals surface area contributed by atoms with Gasteiger partial charge in [0.25, 0.3) is 0 Å². The Morgan fingerprint density at radius 1 is 1.35 bits per heavy atom. The van der Waals surface area contributed by atoms with Gasteiger partial charge in [0, 0.05) is 18.5 Å². The summed E-state index contributed by atoms with van der Waals surface area (Å²) >= 11 is 0. The molecular weight excluding hydrogens is 242 g/mol. The third kappa shape index (κ3) is 4.86. The lowest BCUT2D eigenvalue weighted by atomic mass is 10.2. The minimum Gasteiger partial charge on any atom is -0.478 e. The molecule has 0 unspecified atom stereocenters. The lowest BCUT2D eigenvalue weighted by Gasteiger charge is -2.08. The van der Waals surface area contributed by atoms with E-state index in [2.05, 4.69) is 5.32 Å². The molecule has 0 aromatic heterocycles. The highest BCUT2D eigenvalue weighted by molar-refractivity contribution is 7.90. The van der Waals surface area contributed by atoms with Crippen LogP contribution in [0.4, 0.5) is 5.69 Å². The van der Waals surface area contributed by atoms with Crippen molar-refractivity contribution in [2.24, 2.45) is 0 Å². The molecule has 0 aliphatic heterocycles. The topological polar surface area (TPSA) is 83.5 Å². The highest BCUT2D eigenvalue weighted by atomic mass is 32.2. The van der Waals surface area contributed by atoms with E-state index >= 15 is 0 Å². The van der Waals surface area contributed by atoms with Crippen LogP contribution in [0.15, 0.2) is 24.3 Å². The average Bonchev–Trinajstić information content (AvgIpc) is 2.23. The van der Waals surface area contributed by atoms with E-state index in [1.54, 1.807) is 18.2 Å². The van der Waals surface area contributed by atoms with Crippen molar-refractivity contribution in [3.63, 3.8) is 0 Å². The van der Waals surface area contributed by atoms with Crippen molar-refractivity contribution in [2.45, 2.75) is 6.42 Å². The number of anilines is 1. The fraction of sp³-hybridized carbons (Fsp3) is 0.364. The number of benzene rings is 1. The Kier molecular flexibility index (Phi) is 4.51. The number of carbonyl (C=O) groups is 1. The van der Waals surface area contributed by atoms with Gasteiger partial charge in [-0.25, -0.2) is 13.2 Å². The first-order valence-corrected chi connectivity index (χ1v) is 7.20. The lowest BCUT2D eigenvalue weighted by molar-refractivity contribution is 0.0698. The zero-order chi connectivity index (χ0) is 12.9. The standard InChI is InChI=1S/C11H15NO4S/c1-17(15,16)8-4-7-12-10-6-3-2-5-9(10)11(13)14/h2-3,5-6,12H,4,7-8H2,1H3,(H,13,14). The van der Waals surface area contributed by atoms with Crippen LogP contribution in [-0.4, -0.2) is 38.0 Å². The normalized spacial score (nSPS) is 11.1. The van der Waals surface area contributed by atoms with Crippen molar-refractivity contribution in [2.75, 3.05) is 23.9 Å². The summed E-state index contributed by atoms with van der Waals surface area (Å²) in [5.41, 5.74) is 0.695. The van der Waals surface area contributed by atoms with Crippen LogP contribution >= 0.6 is 0 Å². The van der Waals surface area contributed by atoms with Gasteiger partial charge in [-0.15, -0.1) is 0 Å². The molecule has 1 rings (SSSR count). The number of hydrogen-bond donors (Lipinski definition) is 2. The van der Waals surface area contributed by atoms with Crippen molar-refractivity contribution in [3.05, 3.63) is 29.8 Å². The quantitative estimate of drug-likeness (QED) is 0.749. The van der Waals surface area contributed by atoms with Gasteiger partial charge in [-0.2, -0.15) is 0 Å². The van der Waals surface area contributed by atoms with Gasteiger partial charge >= 0.3 is 5.97 Å². The maximum Gasteiger partial charge on any atom is 0.337 e. The van der Waals surface area contributed by atoms with E-state index in [9.17, 15) is 13.2 Å². The first-order valence-electron chi connectivity index (χ1n) is 5.14. The zero-order valence-electron chi connectivity index (χ0n) is 9.51. The van der Waals surface area contributed by atoms with E-state index in [4.69, 9.17) is 5.11 Å². The molecule has 0 radical (unpaired) electrons. The summed E-state index contributed by atoms with van der Waals surface area (Å²) in [6, 6.07) is 6.53. The van der Waals surface area contributed by atoms with Gasteiger partial charge in [-0.3, -0.25) is 0 Å². The van der Waals surface area contributed by atoms with Crippen molar-refractivity contribution < 1.29 is 18.3 Å². The summed E-state index contributed by atoms with van der Waals surface area (Å²) < 4.78 is 21.8. The Balaban J connectivity index is 2.55. The molecule has 1 aromatic carbocycles. The van der Waals surface area contributed by atoms with Crippen molar-refractivity contribution in [1.82, 2.24) is 0 Å². The number of hydrogen-bond acceptors (Lipinski definition) is 4. The minimum absolute atomic E-state index is 0.0925. The van der Waals surface area contributed by atoms with Gasteiger partial charge in [0.15, 0.2) is 0 Å². The van der Waals surface area contributed by atoms with Gasteiger partial charge in [0.05, 0.1) is 11.3 Å². The molecule has 1 aromatic rings. The summed E-state index contributed by atoms with van der Waals surface area (Å²) in [6.07, 6.45) is 1.63. The molecule has 0 spiro atoms. The molecule has 0 atom stereocenters. The fourth-order valence-corrected chi connectivity index (χ4v) is 2.05. The minimum atomic E-state index is -2.96. The number of rotatable bonds is 6. The molecule has 0 saturated heterocycles. The lowest BCUT2D eigenvalue weighted by Crippen LogP contribution is -2.11. The summed E-state index contributed by atoms with van der Waals surface area (Å²) in [5.74, 6) is -0.911. The number of aromatic carboxylic acids is 1. The summed E-state index contributed by atoms with van der Waals surface area (Å²) in [7, 11) is -2.96. The van der Waals surface area contributed by atoms with Crippen LogP contribution in [0.3, 0.4) is 0 Å². The van der Waals surface area contributed by atoms with Crippen LogP contribution < -0.4 is 5.32 Å². The van der Waals surface area contributed by atoms with Gasteiger partial charge in [0.1, 0.15) is 9.84 Å². The van der Waals surface area contributed by atoms with Crippen LogP contribution in [0.5, 0.6) is 0 Å². The predicted octanol–water partition coefficient (Wildman–Crippen LogP) is 1.23. The van der Waals surface area contributed by atoms with Gasteiger partial charge < -0.3 is 10.4 Å². The molecule has 0 fully saturated rings. The predicted molar refractivity (Wildman–Crippen MR) is 66.2 cm³/mol. The maximum atomic E-state index is 10.9. The van der Waals surface area contributed by atoms with E-state index in [1.807, 2.05) is 0 Å². The molecule has 2 N–H and O–H groups in total. The largest absolute Gasteiger partial charge is 0.478 e. The number of nitrogens with one attached hydrogen (secondary N) is 1. The second-order valence-electron chi connectivity index (χ2n) is 3.76. The molecule has 5 nitrogen and oxygen atoms in total. The van der Waals surface area contributed by atoms with Gasteiger partial charge in [-0.1, -0.05) is 12.1 Å². The second-order valence-corrected chi connectivity index (χ2v) is 6.02. The summed E-state index contributed by atoms with van der Waals surface area (Å²) in [5, 5.41) is 11.8. The Hall–Kier alpha value is -1.56. The van der Waals surface area contributed by atoms with E-state index in [0.717, 1.165) is 0 Å². The third-order valence-corrected chi connectivity index (χ3v) is 3.20. The van der Waals surface area contributed by atoms with Crippen molar-refractivity contribution in [1.29, 1.82) is 0 Å². The number of sulfone groups is 1. The van der Waals surface area contributed by atoms with E-state index in [0.29, 0.717) is 18.7 Å². The van der Waals surface area contributed by atoms with E-state index in [1.165, 1.54) is 12.3 Å². The van der Waals surface area contributed by atoms with Gasteiger partial charge in [-0.05, 0) is 18.6 Å². The van der Waals surface area contributed by atoms with Crippen molar-refractivity contribution in [3.8, 4) is 0 Å². The Morgan fingerprint density at radius 2 is 2.00 bits per heavy atom. The fourth-order valence-electron chi connectivity index (χ4n) is 1.38. The molecule has 17 heavy (non-hydrogen) atoms. The smallest absolute Gasteiger partial charge is 0.337 e. The maximum absolute atomic E-state index is 10.9. The Morgan fingerprint density at radius 3 is 2.59 bits per heavy atom. The zero-order valence-corrected chi connectivity index (χ0v) is 10.3. The van der Waals surface area contributed by atoms with Crippen molar-refractivity contribution >= 4 is 21.5 Å². The first kappa shape index (κ1) is 13.5. The Labute approximate surface area is 100 Å². The second kappa shape index (κ2) is 5.67. The molecular formula is C11H15NO4S. The monoisotopic (exact) mass is 257 g/mol. The number of carboxylic acids is 1. The average molecular weight is 257 g/mol. The third-order valence-electron chi connectivity index (χ3n) is 2.16. The Bertz CT molecular complexity index is 496. The number of para-hydroxylation sites is 1. The molecule has 0 aliphatic rings. The molecule has 0 heterocycles. The van der Waals surface area contributed by atoms with E-state index in [-0.39, 0.29) is 11.3 Å². The molecule has 0 saturated carbocycles. The summed E-state index contributed by atoms with van der Waals surface area (Å²) in [4.78, 5) is 10.9. The molecule has 0 aliphatic carbocycles.